The lowest BCUT2D eigenvalue weighted by Crippen LogP contribution is -2.48. The highest BCUT2D eigenvalue weighted by atomic mass is 19.1. The normalized spacial score (nSPS) is 19.3. The van der Waals surface area contributed by atoms with Gasteiger partial charge in [-0.1, -0.05) is 54.6 Å². The van der Waals surface area contributed by atoms with Crippen molar-refractivity contribution < 1.29 is 23.4 Å². The molecule has 2 unspecified atom stereocenters. The highest BCUT2D eigenvalue weighted by molar-refractivity contribution is 5.70. The third-order valence-corrected chi connectivity index (χ3v) is 6.42. The van der Waals surface area contributed by atoms with Crippen molar-refractivity contribution >= 4 is 6.09 Å². The minimum atomic E-state index is -0.749. The molecule has 4 nitrogen and oxygen atoms in total. The largest absolute Gasteiger partial charge is 0.438 e. The number of hydrogen-bond acceptors (Lipinski definition) is 3. The second-order valence-corrected chi connectivity index (χ2v) is 8.42. The molecule has 1 fully saturated rings. The van der Waals surface area contributed by atoms with Gasteiger partial charge in [-0.15, -0.1) is 0 Å². The molecule has 1 saturated heterocycles. The zero-order chi connectivity index (χ0) is 23.4. The summed E-state index contributed by atoms with van der Waals surface area (Å²) in [7, 11) is 0. The Morgan fingerprint density at radius 2 is 1.79 bits per heavy atom. The molecule has 2 atom stereocenters. The minimum Gasteiger partial charge on any atom is -0.438 e. The number of amides is 1. The van der Waals surface area contributed by atoms with Gasteiger partial charge in [-0.2, -0.15) is 0 Å². The van der Waals surface area contributed by atoms with Crippen molar-refractivity contribution in [1.29, 1.82) is 0 Å². The molecule has 0 aliphatic carbocycles. The minimum absolute atomic E-state index is 0.0350. The van der Waals surface area contributed by atoms with E-state index in [-0.39, 0.29) is 12.6 Å². The number of ether oxygens (including phenoxy) is 1. The SMILES string of the molecule is CC(c1ccc(-c2ccc(F)cc2F)cc1)N1CCC(CCCO)(c2ccccc2)OC1=O. The van der Waals surface area contributed by atoms with Crippen molar-refractivity contribution in [3.8, 4) is 11.1 Å². The van der Waals surface area contributed by atoms with Crippen LogP contribution in [-0.4, -0.2) is 29.3 Å². The molecule has 1 aliphatic heterocycles. The molecule has 0 bridgehead atoms. The molecule has 1 amide bonds. The van der Waals surface area contributed by atoms with Crippen molar-refractivity contribution in [2.75, 3.05) is 13.2 Å². The van der Waals surface area contributed by atoms with Crippen LogP contribution in [0.3, 0.4) is 0 Å². The van der Waals surface area contributed by atoms with Gasteiger partial charge in [0.2, 0.25) is 0 Å². The fourth-order valence-corrected chi connectivity index (χ4v) is 4.50. The van der Waals surface area contributed by atoms with Gasteiger partial charge in [-0.05, 0) is 48.6 Å². The van der Waals surface area contributed by atoms with E-state index in [9.17, 15) is 18.7 Å². The molecular weight excluding hydrogens is 424 g/mol. The van der Waals surface area contributed by atoms with Gasteiger partial charge in [-0.25, -0.2) is 13.6 Å². The van der Waals surface area contributed by atoms with Crippen LogP contribution in [0.1, 0.15) is 43.4 Å². The Balaban J connectivity index is 1.51. The topological polar surface area (TPSA) is 49.8 Å². The van der Waals surface area contributed by atoms with Gasteiger partial charge >= 0.3 is 6.09 Å². The summed E-state index contributed by atoms with van der Waals surface area (Å²) in [5, 5.41) is 9.36. The van der Waals surface area contributed by atoms with E-state index in [1.54, 1.807) is 17.0 Å². The second-order valence-electron chi connectivity index (χ2n) is 8.42. The third kappa shape index (κ3) is 4.76. The Morgan fingerprint density at radius 3 is 2.42 bits per heavy atom. The van der Waals surface area contributed by atoms with Crippen molar-refractivity contribution in [2.45, 2.75) is 37.8 Å². The van der Waals surface area contributed by atoms with Crippen LogP contribution in [0.15, 0.2) is 72.8 Å². The maximum absolute atomic E-state index is 14.1. The number of aliphatic hydroxyl groups excluding tert-OH is 1. The molecule has 0 saturated carbocycles. The number of carbonyl (C=O) groups excluding carboxylic acids is 1. The summed E-state index contributed by atoms with van der Waals surface area (Å²) in [5.74, 6) is -1.23. The van der Waals surface area contributed by atoms with E-state index < -0.39 is 23.3 Å². The molecule has 0 aromatic heterocycles. The highest BCUT2D eigenvalue weighted by Gasteiger charge is 2.43. The van der Waals surface area contributed by atoms with Gasteiger partial charge < -0.3 is 14.7 Å². The van der Waals surface area contributed by atoms with Crippen molar-refractivity contribution in [3.63, 3.8) is 0 Å². The number of cyclic esters (lactones) is 1. The van der Waals surface area contributed by atoms with Crippen LogP contribution in [0.25, 0.3) is 11.1 Å². The van der Waals surface area contributed by atoms with Gasteiger partial charge in [-0.3, -0.25) is 0 Å². The predicted molar refractivity (Wildman–Crippen MR) is 122 cm³/mol. The molecule has 6 heteroatoms. The van der Waals surface area contributed by atoms with E-state index in [0.717, 1.165) is 17.2 Å². The van der Waals surface area contributed by atoms with Crippen LogP contribution in [0.5, 0.6) is 0 Å². The van der Waals surface area contributed by atoms with Crippen molar-refractivity contribution in [3.05, 3.63) is 95.6 Å². The number of aliphatic hydroxyl groups is 1. The number of nitrogens with zero attached hydrogens (tertiary/aromatic N) is 1. The first-order valence-electron chi connectivity index (χ1n) is 11.1. The van der Waals surface area contributed by atoms with E-state index in [1.165, 1.54) is 12.1 Å². The zero-order valence-electron chi connectivity index (χ0n) is 18.5. The first-order chi connectivity index (χ1) is 15.9. The average Bonchev–Trinajstić information content (AvgIpc) is 2.83. The zero-order valence-corrected chi connectivity index (χ0v) is 18.5. The first-order valence-corrected chi connectivity index (χ1v) is 11.1. The number of carbonyl (C=O) groups is 1. The monoisotopic (exact) mass is 451 g/mol. The predicted octanol–water partition coefficient (Wildman–Crippen LogP) is 6.20. The van der Waals surface area contributed by atoms with Crippen LogP contribution in [0.4, 0.5) is 13.6 Å². The van der Waals surface area contributed by atoms with Crippen molar-refractivity contribution in [2.24, 2.45) is 0 Å². The summed E-state index contributed by atoms with van der Waals surface area (Å²) in [6.07, 6.45) is 1.31. The van der Waals surface area contributed by atoms with E-state index >= 15 is 0 Å². The molecule has 0 radical (unpaired) electrons. The number of rotatable bonds is 7. The molecule has 3 aromatic carbocycles. The molecule has 0 spiro atoms. The Labute approximate surface area is 192 Å². The third-order valence-electron chi connectivity index (χ3n) is 6.42. The quantitative estimate of drug-likeness (QED) is 0.465. The van der Waals surface area contributed by atoms with E-state index in [2.05, 4.69) is 0 Å². The van der Waals surface area contributed by atoms with E-state index in [0.29, 0.717) is 36.9 Å². The maximum atomic E-state index is 14.1. The van der Waals surface area contributed by atoms with E-state index in [4.69, 9.17) is 4.74 Å². The summed E-state index contributed by atoms with van der Waals surface area (Å²) in [6.45, 7) is 2.47. The van der Waals surface area contributed by atoms with Gasteiger partial charge in [0.25, 0.3) is 0 Å². The standard InChI is InChI=1S/C27H27F2NO3/c1-19(20-8-10-21(11-9-20)24-13-12-23(28)18-25(24)29)30-16-15-27(14-5-17-31,33-26(30)32)22-6-3-2-4-7-22/h2-4,6-13,18-19,31H,5,14-17H2,1H3. The number of hydrogen-bond donors (Lipinski definition) is 1. The summed E-state index contributed by atoms with van der Waals surface area (Å²) in [5.41, 5.74) is 2.04. The summed E-state index contributed by atoms with van der Waals surface area (Å²) in [6, 6.07) is 20.2. The molecule has 3 aromatic rings. The molecule has 1 heterocycles. The fraction of sp³-hybridized carbons (Fsp3) is 0.296. The lowest BCUT2D eigenvalue weighted by atomic mass is 9.84. The van der Waals surface area contributed by atoms with Gasteiger partial charge in [0.1, 0.15) is 17.2 Å². The van der Waals surface area contributed by atoms with Crippen LogP contribution in [-0.2, 0) is 10.3 Å². The number of benzene rings is 3. The Kier molecular flexibility index (Phi) is 6.75. The molecule has 33 heavy (non-hydrogen) atoms. The van der Waals surface area contributed by atoms with Gasteiger partial charge in [0, 0.05) is 31.2 Å². The first kappa shape index (κ1) is 22.9. The smallest absolute Gasteiger partial charge is 0.411 e. The summed E-state index contributed by atoms with van der Waals surface area (Å²) < 4.78 is 33.3. The highest BCUT2D eigenvalue weighted by Crippen LogP contribution is 2.40. The summed E-state index contributed by atoms with van der Waals surface area (Å²) >= 11 is 0. The van der Waals surface area contributed by atoms with E-state index in [1.807, 2.05) is 49.4 Å². The van der Waals surface area contributed by atoms with Crippen LogP contribution in [0.2, 0.25) is 0 Å². The van der Waals surface area contributed by atoms with Crippen LogP contribution >= 0.6 is 0 Å². The average molecular weight is 452 g/mol. The Hall–Kier alpha value is -3.25. The summed E-state index contributed by atoms with van der Waals surface area (Å²) in [4.78, 5) is 14.8. The van der Waals surface area contributed by atoms with Crippen LogP contribution < -0.4 is 0 Å². The molecular formula is C27H27F2NO3. The Bertz CT molecular complexity index is 1100. The van der Waals surface area contributed by atoms with Crippen molar-refractivity contribution in [1.82, 2.24) is 4.90 Å². The van der Waals surface area contributed by atoms with Crippen LogP contribution in [0, 0.1) is 11.6 Å². The Morgan fingerprint density at radius 1 is 1.06 bits per heavy atom. The fourth-order valence-electron chi connectivity index (χ4n) is 4.50. The molecule has 172 valence electrons. The number of halogens is 2. The van der Waals surface area contributed by atoms with Gasteiger partial charge in [0.05, 0.1) is 6.04 Å². The molecule has 4 rings (SSSR count). The second kappa shape index (κ2) is 9.71. The maximum Gasteiger partial charge on any atom is 0.411 e. The molecule has 1 aliphatic rings. The van der Waals surface area contributed by atoms with Gasteiger partial charge in [0.15, 0.2) is 0 Å². The lowest BCUT2D eigenvalue weighted by molar-refractivity contribution is -0.0680. The lowest BCUT2D eigenvalue weighted by Gasteiger charge is -2.43. The molecule has 1 N–H and O–H groups in total.